The highest BCUT2D eigenvalue weighted by molar-refractivity contribution is 7.10. The Morgan fingerprint density at radius 1 is 0.938 bits per heavy atom. The summed E-state index contributed by atoms with van der Waals surface area (Å²) in [5.74, 6) is 5.74. The van der Waals surface area contributed by atoms with Crippen molar-refractivity contribution >= 4 is 27.9 Å². The van der Waals surface area contributed by atoms with E-state index in [1.54, 1.807) is 11.3 Å². The molecular formula is C65H92F3N11S. The van der Waals surface area contributed by atoms with E-state index in [1.165, 1.54) is 55.9 Å². The first-order valence-corrected chi connectivity index (χ1v) is 31.6. The van der Waals surface area contributed by atoms with Crippen molar-refractivity contribution in [1.29, 1.82) is 0 Å². The van der Waals surface area contributed by atoms with E-state index in [0.717, 1.165) is 158 Å². The summed E-state index contributed by atoms with van der Waals surface area (Å²) >= 11 is 1.63. The van der Waals surface area contributed by atoms with Crippen LogP contribution < -0.4 is 21.0 Å². The maximum Gasteiger partial charge on any atom is 0.406 e. The second-order valence-electron chi connectivity index (χ2n) is 25.3. The Kier molecular flexibility index (Phi) is 18.4. The molecule has 4 aromatic rings. The van der Waals surface area contributed by atoms with E-state index >= 15 is 13.2 Å². The van der Waals surface area contributed by atoms with Gasteiger partial charge >= 0.3 is 6.18 Å². The van der Waals surface area contributed by atoms with Gasteiger partial charge in [0.25, 0.3) is 0 Å². The molecule has 0 amide bonds. The number of likely N-dealkylation sites (tertiary alicyclic amines) is 1. The molecule has 3 N–H and O–H groups in total. The highest BCUT2D eigenvalue weighted by atomic mass is 32.1. The first-order chi connectivity index (χ1) is 38.5. The molecule has 15 heteroatoms. The van der Waals surface area contributed by atoms with Gasteiger partial charge in [0.15, 0.2) is 0 Å². The lowest BCUT2D eigenvalue weighted by Gasteiger charge is -2.39. The van der Waals surface area contributed by atoms with Crippen LogP contribution in [-0.2, 0) is 25.8 Å². The van der Waals surface area contributed by atoms with Crippen LogP contribution in [0, 0.1) is 35.5 Å². The summed E-state index contributed by atoms with van der Waals surface area (Å²) in [6.07, 6.45) is 19.8. The van der Waals surface area contributed by atoms with Crippen molar-refractivity contribution in [3.63, 3.8) is 0 Å². The molecule has 80 heavy (non-hydrogen) atoms. The van der Waals surface area contributed by atoms with Gasteiger partial charge in [-0.1, -0.05) is 59.4 Å². The van der Waals surface area contributed by atoms with Gasteiger partial charge in [0.2, 0.25) is 0 Å². The Morgan fingerprint density at radius 3 is 2.39 bits per heavy atom. The fourth-order valence-electron chi connectivity index (χ4n) is 13.9. The van der Waals surface area contributed by atoms with Crippen molar-refractivity contribution in [3.05, 3.63) is 89.1 Å². The number of aryl methyl sites for hydroxylation is 1. The van der Waals surface area contributed by atoms with E-state index in [4.69, 9.17) is 29.5 Å². The van der Waals surface area contributed by atoms with Crippen LogP contribution >= 0.6 is 11.3 Å². The molecule has 3 aromatic heterocycles. The Balaban J connectivity index is 0.947. The number of fused-ring (bicyclic) bond motifs is 1. The van der Waals surface area contributed by atoms with Gasteiger partial charge in [0, 0.05) is 128 Å². The number of nitrogens with zero attached hydrogens (tertiary/aromatic N) is 8. The van der Waals surface area contributed by atoms with Crippen molar-refractivity contribution in [3.8, 4) is 34.9 Å². The third kappa shape index (κ3) is 13.9. The lowest BCUT2D eigenvalue weighted by molar-refractivity contribution is -0.139. The van der Waals surface area contributed by atoms with Gasteiger partial charge in [0.1, 0.15) is 6.54 Å². The molecule has 3 saturated carbocycles. The van der Waals surface area contributed by atoms with Gasteiger partial charge in [-0.15, -0.1) is 23.7 Å². The third-order valence-electron chi connectivity index (χ3n) is 18.7. The number of nitrogens with one attached hydrogen (secondary N) is 3. The monoisotopic (exact) mass is 1120 g/mol. The number of piperazine rings is 1. The fourth-order valence-corrected chi connectivity index (χ4v) is 14.7. The molecule has 10 rings (SSSR count). The largest absolute Gasteiger partial charge is 0.406 e. The Hall–Kier alpha value is -5.01. The van der Waals surface area contributed by atoms with Crippen molar-refractivity contribution < 1.29 is 13.2 Å². The van der Waals surface area contributed by atoms with Crippen molar-refractivity contribution in [2.24, 2.45) is 23.2 Å². The predicted molar refractivity (Wildman–Crippen MR) is 324 cm³/mol. The summed E-state index contributed by atoms with van der Waals surface area (Å²) in [6.45, 7) is 33.5. The smallest absolute Gasteiger partial charge is 0.379 e. The second-order valence-corrected chi connectivity index (χ2v) is 26.2. The Labute approximate surface area is 480 Å². The number of alkyl halides is 3. The van der Waals surface area contributed by atoms with E-state index in [9.17, 15) is 0 Å². The molecule has 3 aliphatic heterocycles. The number of hydrazine groups is 1. The molecule has 11 nitrogen and oxygen atoms in total. The van der Waals surface area contributed by atoms with Gasteiger partial charge in [0.05, 0.1) is 46.2 Å². The molecule has 6 fully saturated rings. The number of pyridine rings is 1. The van der Waals surface area contributed by atoms with Gasteiger partial charge in [-0.25, -0.2) is 10.4 Å². The quantitative estimate of drug-likeness (QED) is 0.0529. The molecule has 4 unspecified atom stereocenters. The molecule has 4 atom stereocenters. The summed E-state index contributed by atoms with van der Waals surface area (Å²) in [5, 5.41) is 13.9. The lowest BCUT2D eigenvalue weighted by Crippen LogP contribution is -2.51. The Morgan fingerprint density at radius 2 is 1.71 bits per heavy atom. The van der Waals surface area contributed by atoms with Gasteiger partial charge < -0.3 is 30.0 Å². The average Bonchev–Trinajstić information content (AvgIpc) is 4.45. The van der Waals surface area contributed by atoms with Crippen LogP contribution in [0.25, 0.3) is 33.4 Å². The van der Waals surface area contributed by atoms with Crippen LogP contribution in [0.15, 0.2) is 72.8 Å². The van der Waals surface area contributed by atoms with Crippen molar-refractivity contribution in [2.45, 2.75) is 174 Å². The normalized spacial score (nSPS) is 21.0. The summed E-state index contributed by atoms with van der Waals surface area (Å²) in [5.41, 5.74) is 11.7. The van der Waals surface area contributed by atoms with E-state index in [-0.39, 0.29) is 17.5 Å². The molecule has 1 aromatic carbocycles. The third-order valence-corrected chi connectivity index (χ3v) is 19.6. The van der Waals surface area contributed by atoms with Crippen molar-refractivity contribution in [1.82, 2.24) is 50.3 Å². The van der Waals surface area contributed by atoms with Gasteiger partial charge in [-0.2, -0.15) is 13.2 Å². The van der Waals surface area contributed by atoms with Crippen LogP contribution in [0.5, 0.6) is 0 Å². The molecule has 3 aliphatic carbocycles. The SMILES string of the molecule is C#CCCC(C)(C)Cc1c(-c2cc(N3CCN(C4CC4)CC3)cnc2CC)n(CC(F)(F)F)c2ccc(-c3csc(CC(NC(=C)C(C4CCCC4)N4CCC(CN(CC)C(=C)NC(C)C5CC5)C4)C(=C)N4CCCCN4)n3)cc12. The minimum Gasteiger partial charge on any atom is -0.379 e. The average molecular weight is 1120 g/mol. The Bertz CT molecular complexity index is 2830. The molecule has 0 radical (unpaired) electrons. The van der Waals surface area contributed by atoms with E-state index in [0.29, 0.717) is 60.8 Å². The van der Waals surface area contributed by atoms with E-state index in [1.807, 2.05) is 25.3 Å². The lowest BCUT2D eigenvalue weighted by atomic mass is 9.80. The number of halogens is 3. The predicted octanol–water partition coefficient (Wildman–Crippen LogP) is 12.4. The zero-order valence-electron chi connectivity index (χ0n) is 48.9. The second kappa shape index (κ2) is 25.2. The number of anilines is 1. The molecular weight excluding hydrogens is 1020 g/mol. The zero-order chi connectivity index (χ0) is 56.3. The molecule has 6 heterocycles. The molecule has 0 bridgehead atoms. The number of hydrogen-bond donors (Lipinski definition) is 3. The van der Waals surface area contributed by atoms with Crippen LogP contribution in [0.3, 0.4) is 0 Å². The summed E-state index contributed by atoms with van der Waals surface area (Å²) in [4.78, 5) is 20.5. The maximum atomic E-state index is 15.1. The van der Waals surface area contributed by atoms with Gasteiger partial charge in [-0.3, -0.25) is 14.8 Å². The van der Waals surface area contributed by atoms with Crippen LogP contribution in [0.2, 0.25) is 0 Å². The zero-order valence-corrected chi connectivity index (χ0v) is 49.7. The first kappa shape index (κ1) is 58.2. The summed E-state index contributed by atoms with van der Waals surface area (Å²) in [7, 11) is 0. The molecule has 434 valence electrons. The maximum absolute atomic E-state index is 15.1. The molecule has 3 saturated heterocycles. The summed E-state index contributed by atoms with van der Waals surface area (Å²) < 4.78 is 46.8. The fraction of sp³-hybridized carbons (Fsp3) is 0.631. The minimum atomic E-state index is -4.47. The number of rotatable bonds is 26. The molecule has 6 aliphatic rings. The highest BCUT2D eigenvalue weighted by Crippen LogP contribution is 2.45. The minimum absolute atomic E-state index is 0.162. The number of thiazole rings is 1. The standard InChI is InChI=1S/C65H92F3N11S/c1-10-13-27-64(8,9)38-56-54-35-51(22-25-60(54)78(43-65(66,67)68)63(56)55-36-53(39-69-57(55)11-2)76-33-31-75(32-34-76)52-23-24-52)59-42-80-61(73-59)37-58(46(6)79-29-17-16-28-70-79)72-45(5)62(50-18-14-15-19-50)77-30-26-48(41-77)40-74(12-3)47(7)71-44(4)49-20-21-49/h1,22,25,35-36,39,42,44,48-50,52,58,62,70-72H,5-7,11-21,23-24,26-34,37-38,40-41,43H2,2-4,8-9H3. The van der Waals surface area contributed by atoms with E-state index in [2.05, 4.69) is 98.4 Å². The number of terminal acetylenes is 1. The van der Waals surface area contributed by atoms with Crippen LogP contribution in [0.1, 0.15) is 134 Å². The van der Waals surface area contributed by atoms with E-state index < -0.39 is 12.7 Å². The number of benzene rings is 1. The topological polar surface area (TPSA) is 83.0 Å². The highest BCUT2D eigenvalue weighted by Gasteiger charge is 2.40. The number of hydrogen-bond acceptors (Lipinski definition) is 11. The van der Waals surface area contributed by atoms with Crippen LogP contribution in [0.4, 0.5) is 18.9 Å². The van der Waals surface area contributed by atoms with Gasteiger partial charge in [-0.05, 0) is 144 Å². The molecule has 0 spiro atoms. The van der Waals surface area contributed by atoms with Crippen molar-refractivity contribution in [2.75, 3.05) is 70.3 Å². The van der Waals surface area contributed by atoms with Crippen LogP contribution in [-0.4, -0.2) is 130 Å². The first-order valence-electron chi connectivity index (χ1n) is 30.7. The summed E-state index contributed by atoms with van der Waals surface area (Å²) in [6, 6.07) is 9.30. The number of aromatic nitrogens is 3.